The molecule has 10 atom stereocenters. The Kier molecular flexibility index (Phi) is 14.0. The van der Waals surface area contributed by atoms with Crippen LogP contribution in [0.2, 0.25) is 0 Å². The van der Waals surface area contributed by atoms with E-state index in [1.807, 2.05) is 18.2 Å². The second kappa shape index (κ2) is 20.1. The smallest absolute Gasteiger partial charge is 0.200 e. The average molecular weight is 924 g/mol. The highest BCUT2D eigenvalue weighted by molar-refractivity contribution is 5.82. The topological polar surface area (TPSA) is 183 Å². The number of phenols is 5. The van der Waals surface area contributed by atoms with Crippen LogP contribution in [-0.2, 0) is 29.7 Å². The van der Waals surface area contributed by atoms with E-state index in [1.54, 1.807) is 54.6 Å². The van der Waals surface area contributed by atoms with Crippen LogP contribution in [0, 0.1) is 41.4 Å². The van der Waals surface area contributed by atoms with Gasteiger partial charge in [-0.05, 0) is 168 Å². The minimum atomic E-state index is -1.00. The Hall–Kier alpha value is -5.71. The van der Waals surface area contributed by atoms with E-state index in [2.05, 4.69) is 44.2 Å². The Bertz CT molecular complexity index is 2540. The summed E-state index contributed by atoms with van der Waals surface area (Å²) in [6, 6.07) is 31.9. The normalized spacial score (nSPS) is 27.5. The second-order valence-electron chi connectivity index (χ2n) is 21.1. The van der Waals surface area contributed by atoms with Crippen LogP contribution in [0.1, 0.15) is 123 Å². The van der Waals surface area contributed by atoms with Gasteiger partial charge in [0.05, 0.1) is 6.10 Å². The molecule has 8 N–H and O–H groups in total. The molecule has 0 radical (unpaired) electrons. The molecule has 3 saturated carbocycles. The van der Waals surface area contributed by atoms with Crippen LogP contribution in [0.3, 0.4) is 0 Å². The van der Waals surface area contributed by atoms with Crippen molar-refractivity contribution in [3.63, 3.8) is 0 Å². The van der Waals surface area contributed by atoms with E-state index in [1.165, 1.54) is 12.0 Å². The summed E-state index contributed by atoms with van der Waals surface area (Å²) in [5.74, 6) is -0.274. The van der Waals surface area contributed by atoms with E-state index in [9.17, 15) is 35.4 Å². The van der Waals surface area contributed by atoms with E-state index in [4.69, 9.17) is 15.2 Å². The molecule has 0 spiro atoms. The summed E-state index contributed by atoms with van der Waals surface area (Å²) < 4.78 is 12.1. The maximum atomic E-state index is 14.9. The molecule has 0 heterocycles. The molecule has 68 heavy (non-hydrogen) atoms. The number of carbonyl (C=O) groups excluding carboxylic acids is 1. The summed E-state index contributed by atoms with van der Waals surface area (Å²) in [6.07, 6.45) is 8.71. The fourth-order valence-electron chi connectivity index (χ4n) is 13.7. The van der Waals surface area contributed by atoms with Gasteiger partial charge in [0, 0.05) is 17.9 Å². The summed E-state index contributed by atoms with van der Waals surface area (Å²) in [5, 5.41) is 68.0. The molecule has 10 rings (SSSR count). The number of hydrogen-bond donors (Lipinski definition) is 7. The number of aliphatic hydroxyl groups excluding tert-OH is 1. The molecule has 0 amide bonds. The van der Waals surface area contributed by atoms with Crippen molar-refractivity contribution < 1.29 is 44.9 Å². The van der Waals surface area contributed by atoms with Crippen LogP contribution < -0.4 is 15.2 Å². The number of carbonyl (C=O) groups is 1. The number of phenolic OH excluding ortho intramolecular Hbond substituents is 5. The highest BCUT2D eigenvalue weighted by Crippen LogP contribution is 2.68. The maximum absolute atomic E-state index is 14.9. The van der Waals surface area contributed by atoms with Crippen LogP contribution in [0.25, 0.3) is 0 Å². The Balaban J connectivity index is 1.19. The molecule has 5 aliphatic rings. The van der Waals surface area contributed by atoms with Crippen LogP contribution in [0.4, 0.5) is 0 Å². The van der Waals surface area contributed by atoms with Crippen molar-refractivity contribution in [1.29, 1.82) is 0 Å². The van der Waals surface area contributed by atoms with Crippen molar-refractivity contribution >= 4 is 5.78 Å². The van der Waals surface area contributed by atoms with Crippen LogP contribution in [0.5, 0.6) is 40.2 Å². The van der Waals surface area contributed by atoms with E-state index >= 15 is 0 Å². The molecule has 2 bridgehead atoms. The molecule has 10 nitrogen and oxygen atoms in total. The van der Waals surface area contributed by atoms with Crippen LogP contribution >= 0.6 is 0 Å². The zero-order valence-electron chi connectivity index (χ0n) is 39.5. The van der Waals surface area contributed by atoms with Crippen molar-refractivity contribution in [3.05, 3.63) is 137 Å². The minimum Gasteiger partial charge on any atom is -0.508 e. The number of nitrogens with two attached hydrogens (primary N) is 1. The molecule has 5 aromatic rings. The number of ketones is 1. The van der Waals surface area contributed by atoms with Crippen LogP contribution in [0.15, 0.2) is 103 Å². The standard InChI is InChI=1S/C58H69NO9/c1-34(2)13-14-37-9-7-23-58(31-37,41-10-4-3-5-11-41)47-29-40-28-44-39(24-35-15-19-42(60)20-16-35)27-45(48(62)21-17-36-18-22-49(63)51(26-36)68-33-59)55(65)54(44)53(47)46-30-50(64)56(66)57(52(40)46)67-32-38-8-6-12-43(61)25-38/h3-6,8,10-12,15-16,18-20,22,25-26,30,34,37,39-40,44-45,47,53-55,60-61,63-66H,7,9,13-14,17,21,23-24,27-29,31-33,59H2,1-2H3/t37-,39-,40+,44-,45+,47+,53+,54-,55+,58-/m1/s1. The Morgan fingerprint density at radius 3 is 2.34 bits per heavy atom. The van der Waals surface area contributed by atoms with Gasteiger partial charge < -0.3 is 40.1 Å². The first kappa shape index (κ1) is 47.4. The lowest BCUT2D eigenvalue weighted by atomic mass is 9.49. The summed E-state index contributed by atoms with van der Waals surface area (Å²) in [7, 11) is 0. The molecule has 3 fully saturated rings. The van der Waals surface area contributed by atoms with Crippen molar-refractivity contribution in [3.8, 4) is 40.2 Å². The highest BCUT2D eigenvalue weighted by Gasteiger charge is 2.61. The molecule has 5 aliphatic carbocycles. The van der Waals surface area contributed by atoms with Gasteiger partial charge in [-0.25, -0.2) is 0 Å². The lowest BCUT2D eigenvalue weighted by Gasteiger charge is -2.55. The van der Waals surface area contributed by atoms with Gasteiger partial charge in [-0.2, -0.15) is 0 Å². The predicted octanol–water partition coefficient (Wildman–Crippen LogP) is 10.9. The third-order valence-corrected chi connectivity index (χ3v) is 16.6. The largest absolute Gasteiger partial charge is 0.508 e. The summed E-state index contributed by atoms with van der Waals surface area (Å²) >= 11 is 0. The first-order valence-corrected chi connectivity index (χ1v) is 25.0. The number of ether oxygens (including phenoxy) is 2. The third-order valence-electron chi connectivity index (χ3n) is 16.6. The molecule has 0 aromatic heterocycles. The molecule has 0 unspecified atom stereocenters. The first-order chi connectivity index (χ1) is 32.8. The summed E-state index contributed by atoms with van der Waals surface area (Å²) in [6.45, 7) is 4.55. The first-order valence-electron chi connectivity index (χ1n) is 25.0. The second-order valence-corrected chi connectivity index (χ2v) is 21.1. The Morgan fingerprint density at radius 2 is 1.59 bits per heavy atom. The molecule has 10 heteroatoms. The molecule has 0 aliphatic heterocycles. The minimum absolute atomic E-state index is 0.0186. The van der Waals surface area contributed by atoms with Gasteiger partial charge in [0.1, 0.15) is 30.6 Å². The number of Topliss-reactive ketones (excluding diaryl/α,β-unsaturated/α-hetero) is 1. The number of aliphatic hydroxyl groups is 1. The number of aromatic hydroxyl groups is 5. The monoisotopic (exact) mass is 923 g/mol. The maximum Gasteiger partial charge on any atom is 0.200 e. The number of fused-ring (bicyclic) bond motifs is 1. The summed E-state index contributed by atoms with van der Waals surface area (Å²) in [5.41, 5.74) is 11.0. The molecular weight excluding hydrogens is 855 g/mol. The number of aryl methyl sites for hydroxylation is 1. The Morgan fingerprint density at radius 1 is 0.809 bits per heavy atom. The van der Waals surface area contributed by atoms with Crippen molar-refractivity contribution in [1.82, 2.24) is 0 Å². The van der Waals surface area contributed by atoms with Crippen molar-refractivity contribution in [2.45, 2.75) is 121 Å². The van der Waals surface area contributed by atoms with Gasteiger partial charge in [0.25, 0.3) is 0 Å². The van der Waals surface area contributed by atoms with Gasteiger partial charge in [-0.15, -0.1) is 0 Å². The van der Waals surface area contributed by atoms with E-state index < -0.39 is 12.0 Å². The lowest BCUT2D eigenvalue weighted by molar-refractivity contribution is -0.136. The van der Waals surface area contributed by atoms with Gasteiger partial charge in [0.15, 0.2) is 23.0 Å². The van der Waals surface area contributed by atoms with Gasteiger partial charge >= 0.3 is 0 Å². The number of rotatable bonds is 16. The van der Waals surface area contributed by atoms with Gasteiger partial charge in [-0.3, -0.25) is 10.5 Å². The molecule has 0 saturated heterocycles. The fraction of sp³-hybridized carbons (Fsp3) is 0.466. The van der Waals surface area contributed by atoms with Crippen molar-refractivity contribution in [2.75, 3.05) is 6.73 Å². The number of benzene rings is 5. The van der Waals surface area contributed by atoms with Gasteiger partial charge in [0.2, 0.25) is 5.75 Å². The van der Waals surface area contributed by atoms with Gasteiger partial charge in [-0.1, -0.05) is 100 Å². The molecular formula is C58H69NO9. The molecule has 360 valence electrons. The quantitative estimate of drug-likeness (QED) is 0.0371. The van der Waals surface area contributed by atoms with Crippen LogP contribution in [-0.4, -0.2) is 49.3 Å². The predicted molar refractivity (Wildman–Crippen MR) is 262 cm³/mol. The third kappa shape index (κ3) is 9.51. The van der Waals surface area contributed by atoms with Crippen molar-refractivity contribution in [2.24, 2.45) is 47.2 Å². The highest BCUT2D eigenvalue weighted by atomic mass is 16.5. The van der Waals surface area contributed by atoms with E-state index in [0.29, 0.717) is 43.1 Å². The fourth-order valence-corrected chi connectivity index (χ4v) is 13.7. The lowest BCUT2D eigenvalue weighted by Crippen LogP contribution is -2.52. The number of hydrogen-bond acceptors (Lipinski definition) is 10. The SMILES string of the molecule is CC(C)CC[C@H]1CCC[C@@](c2ccccc2)([C@H]2C[C@@H]3C[C@@H]4[C@H](Cc5ccc(O)cc5)C[C@@H](C(=O)CCc5ccc(O)c(OCN)c5)[C@H](O)[C@H]4[C@H]2c2cc(O)c(O)c(OCc4cccc(O)c4)c23)C1. The molecule has 5 aromatic carbocycles. The summed E-state index contributed by atoms with van der Waals surface area (Å²) in [4.78, 5) is 14.9. The zero-order valence-corrected chi connectivity index (χ0v) is 39.5. The zero-order chi connectivity index (χ0) is 47.7. The van der Waals surface area contributed by atoms with E-state index in [-0.39, 0.29) is 107 Å². The Labute approximate surface area is 400 Å². The van der Waals surface area contributed by atoms with E-state index in [0.717, 1.165) is 60.8 Å². The average Bonchev–Trinajstić information content (AvgIpc) is 3.60.